The molecule has 19 heavy (non-hydrogen) atoms. The molecule has 0 spiro atoms. The van der Waals surface area contributed by atoms with Crippen LogP contribution in [-0.2, 0) is 6.42 Å². The van der Waals surface area contributed by atoms with Crippen LogP contribution in [0.25, 0.3) is 0 Å². The van der Waals surface area contributed by atoms with E-state index >= 15 is 0 Å². The van der Waals surface area contributed by atoms with Gasteiger partial charge in [0.05, 0.1) is 12.7 Å². The van der Waals surface area contributed by atoms with E-state index in [0.717, 1.165) is 27.5 Å². The Kier molecular flexibility index (Phi) is 6.11. The fourth-order valence-corrected chi connectivity index (χ4v) is 2.28. The molecule has 1 rings (SSSR count). The van der Waals surface area contributed by atoms with Gasteiger partial charge in [-0.05, 0) is 63.3 Å². The van der Waals surface area contributed by atoms with Gasteiger partial charge in [-0.3, -0.25) is 0 Å². The molecule has 0 heterocycles. The van der Waals surface area contributed by atoms with E-state index < -0.39 is 6.10 Å². The summed E-state index contributed by atoms with van der Waals surface area (Å²) in [7, 11) is 0. The van der Waals surface area contributed by atoms with Gasteiger partial charge in [0, 0.05) is 11.1 Å². The summed E-state index contributed by atoms with van der Waals surface area (Å²) in [5.41, 5.74) is 8.79. The molecule has 0 fully saturated rings. The molecule has 0 saturated heterocycles. The fraction of sp³-hybridized carbons (Fsp3) is 0.600. The van der Waals surface area contributed by atoms with E-state index in [-0.39, 0.29) is 6.04 Å². The van der Waals surface area contributed by atoms with E-state index in [4.69, 9.17) is 22.1 Å². The van der Waals surface area contributed by atoms with Crippen molar-refractivity contribution >= 4 is 11.6 Å². The summed E-state index contributed by atoms with van der Waals surface area (Å²) in [5.74, 6) is 0.860. The van der Waals surface area contributed by atoms with Crippen molar-refractivity contribution in [1.29, 1.82) is 0 Å². The lowest BCUT2D eigenvalue weighted by Crippen LogP contribution is -2.31. The van der Waals surface area contributed by atoms with Crippen LogP contribution in [0.3, 0.4) is 0 Å². The van der Waals surface area contributed by atoms with Crippen LogP contribution in [-0.4, -0.2) is 23.9 Å². The summed E-state index contributed by atoms with van der Waals surface area (Å²) < 4.78 is 5.67. The summed E-state index contributed by atoms with van der Waals surface area (Å²) >= 11 is 6.29. The predicted octanol–water partition coefficient (Wildman–Crippen LogP) is 3.00. The molecule has 4 heteroatoms. The summed E-state index contributed by atoms with van der Waals surface area (Å²) in [6, 6.07) is 1.74. The maximum Gasteiger partial charge on any atom is 0.123 e. The van der Waals surface area contributed by atoms with Gasteiger partial charge in [-0.2, -0.15) is 0 Å². The van der Waals surface area contributed by atoms with Crippen molar-refractivity contribution in [3.8, 4) is 5.75 Å². The van der Waals surface area contributed by atoms with Gasteiger partial charge in [0.25, 0.3) is 0 Å². The van der Waals surface area contributed by atoms with Gasteiger partial charge in [0.15, 0.2) is 0 Å². The molecule has 1 aromatic carbocycles. The molecular weight excluding hydrogens is 262 g/mol. The monoisotopic (exact) mass is 285 g/mol. The Balaban J connectivity index is 3.00. The summed E-state index contributed by atoms with van der Waals surface area (Å²) in [5, 5.41) is 10.6. The van der Waals surface area contributed by atoms with Crippen LogP contribution in [0.2, 0.25) is 5.02 Å². The molecule has 0 aliphatic rings. The molecule has 0 radical (unpaired) electrons. The quantitative estimate of drug-likeness (QED) is 0.845. The summed E-state index contributed by atoms with van der Waals surface area (Å²) in [4.78, 5) is 0. The molecular formula is C15H24ClNO2. The Morgan fingerprint density at radius 3 is 2.58 bits per heavy atom. The summed E-state index contributed by atoms with van der Waals surface area (Å²) in [6.07, 6.45) is 0.816. The molecule has 3 nitrogen and oxygen atoms in total. The van der Waals surface area contributed by atoms with E-state index in [1.807, 2.05) is 33.8 Å². The van der Waals surface area contributed by atoms with Crippen LogP contribution in [0.5, 0.6) is 5.75 Å². The largest absolute Gasteiger partial charge is 0.494 e. The van der Waals surface area contributed by atoms with Gasteiger partial charge < -0.3 is 15.6 Å². The van der Waals surface area contributed by atoms with Gasteiger partial charge >= 0.3 is 0 Å². The molecule has 0 saturated carbocycles. The third-order valence-electron chi connectivity index (χ3n) is 3.37. The van der Waals surface area contributed by atoms with Crippen LogP contribution in [0.4, 0.5) is 0 Å². The van der Waals surface area contributed by atoms with E-state index in [1.165, 1.54) is 0 Å². The highest BCUT2D eigenvalue weighted by molar-refractivity contribution is 6.32. The zero-order valence-corrected chi connectivity index (χ0v) is 12.9. The minimum Gasteiger partial charge on any atom is -0.494 e. The highest BCUT2D eigenvalue weighted by Gasteiger charge is 2.16. The SMILES string of the molecule is CCOc1cc(C)c(Cl)c(C)c1CCC(O)C(C)N. The van der Waals surface area contributed by atoms with Crippen LogP contribution in [0.1, 0.15) is 37.0 Å². The average Bonchev–Trinajstić information content (AvgIpc) is 2.35. The minimum absolute atomic E-state index is 0.225. The number of aryl methyl sites for hydroxylation is 1. The number of aliphatic hydroxyl groups excluding tert-OH is 1. The van der Waals surface area contributed by atoms with Crippen LogP contribution >= 0.6 is 11.6 Å². The van der Waals surface area contributed by atoms with Crippen molar-refractivity contribution < 1.29 is 9.84 Å². The number of hydrogen-bond donors (Lipinski definition) is 2. The topological polar surface area (TPSA) is 55.5 Å². The van der Waals surface area contributed by atoms with Crippen molar-refractivity contribution in [3.05, 3.63) is 27.8 Å². The zero-order valence-electron chi connectivity index (χ0n) is 12.2. The maximum atomic E-state index is 9.82. The van der Waals surface area contributed by atoms with Gasteiger partial charge in [-0.25, -0.2) is 0 Å². The maximum absolute atomic E-state index is 9.82. The van der Waals surface area contributed by atoms with Crippen molar-refractivity contribution in [2.45, 2.75) is 52.7 Å². The molecule has 0 aliphatic heterocycles. The Morgan fingerprint density at radius 1 is 1.42 bits per heavy atom. The Labute approximate surface area is 120 Å². The predicted molar refractivity (Wildman–Crippen MR) is 80.1 cm³/mol. The number of aliphatic hydroxyl groups is 1. The molecule has 2 unspecified atom stereocenters. The van der Waals surface area contributed by atoms with Crippen molar-refractivity contribution in [2.24, 2.45) is 5.73 Å². The highest BCUT2D eigenvalue weighted by Crippen LogP contribution is 2.32. The first-order valence-electron chi connectivity index (χ1n) is 6.73. The van der Waals surface area contributed by atoms with Crippen molar-refractivity contribution in [1.82, 2.24) is 0 Å². The Hall–Kier alpha value is -0.770. The zero-order chi connectivity index (χ0) is 14.6. The lowest BCUT2D eigenvalue weighted by Gasteiger charge is -2.19. The summed E-state index contributed by atoms with van der Waals surface area (Å²) in [6.45, 7) is 8.34. The van der Waals surface area contributed by atoms with E-state index in [9.17, 15) is 5.11 Å². The lowest BCUT2D eigenvalue weighted by atomic mass is 9.97. The normalized spacial score (nSPS) is 14.3. The molecule has 0 amide bonds. The Morgan fingerprint density at radius 2 is 2.05 bits per heavy atom. The second kappa shape index (κ2) is 7.13. The molecule has 0 aromatic heterocycles. The molecule has 108 valence electrons. The van der Waals surface area contributed by atoms with Crippen LogP contribution in [0, 0.1) is 13.8 Å². The van der Waals surface area contributed by atoms with Gasteiger partial charge in [0.1, 0.15) is 5.75 Å². The molecule has 3 N–H and O–H groups in total. The molecule has 2 atom stereocenters. The molecule has 0 bridgehead atoms. The van der Waals surface area contributed by atoms with Crippen LogP contribution in [0.15, 0.2) is 6.07 Å². The first-order chi connectivity index (χ1) is 8.88. The highest BCUT2D eigenvalue weighted by atomic mass is 35.5. The third-order valence-corrected chi connectivity index (χ3v) is 3.95. The minimum atomic E-state index is -0.506. The third kappa shape index (κ3) is 4.10. The number of benzene rings is 1. The number of hydrogen-bond acceptors (Lipinski definition) is 3. The number of ether oxygens (including phenoxy) is 1. The average molecular weight is 286 g/mol. The standard InChI is InChI=1S/C15H24ClNO2/c1-5-19-14-8-9(2)15(16)10(3)12(14)6-7-13(18)11(4)17/h8,11,13,18H,5-7,17H2,1-4H3. The van der Waals surface area contributed by atoms with Gasteiger partial charge in [-0.15, -0.1) is 0 Å². The number of halogens is 1. The van der Waals surface area contributed by atoms with Crippen molar-refractivity contribution in [2.75, 3.05) is 6.61 Å². The van der Waals surface area contributed by atoms with Gasteiger partial charge in [-0.1, -0.05) is 11.6 Å². The first kappa shape index (κ1) is 16.3. The van der Waals surface area contributed by atoms with Crippen molar-refractivity contribution in [3.63, 3.8) is 0 Å². The Bertz CT molecular complexity index is 433. The lowest BCUT2D eigenvalue weighted by molar-refractivity contribution is 0.141. The molecule has 0 aliphatic carbocycles. The fourth-order valence-electron chi connectivity index (χ4n) is 2.11. The number of rotatable bonds is 6. The second-order valence-electron chi connectivity index (χ2n) is 5.01. The van der Waals surface area contributed by atoms with E-state index in [1.54, 1.807) is 0 Å². The molecule has 1 aromatic rings. The van der Waals surface area contributed by atoms with Gasteiger partial charge in [0.2, 0.25) is 0 Å². The van der Waals surface area contributed by atoms with E-state index in [0.29, 0.717) is 19.4 Å². The first-order valence-corrected chi connectivity index (χ1v) is 7.11. The second-order valence-corrected chi connectivity index (χ2v) is 5.39. The number of nitrogens with two attached hydrogens (primary N) is 1. The van der Waals surface area contributed by atoms with Crippen LogP contribution < -0.4 is 10.5 Å². The smallest absolute Gasteiger partial charge is 0.123 e. The van der Waals surface area contributed by atoms with E-state index in [2.05, 4.69) is 0 Å².